The second-order valence-corrected chi connectivity index (χ2v) is 9.10. The molecule has 3 aliphatic rings. The summed E-state index contributed by atoms with van der Waals surface area (Å²) in [4.78, 5) is 28.6. The summed E-state index contributed by atoms with van der Waals surface area (Å²) in [6.07, 6.45) is 0.139. The quantitative estimate of drug-likeness (QED) is 0.299. The summed E-state index contributed by atoms with van der Waals surface area (Å²) in [6.45, 7) is 7.44. The highest BCUT2D eigenvalue weighted by molar-refractivity contribution is 7.53. The molecule has 10 heteroatoms. The first kappa shape index (κ1) is 19.8. The number of hydrogen-bond donors (Lipinski definition) is 0. The molecule has 3 fully saturated rings. The zero-order valence-electron chi connectivity index (χ0n) is 15.5. The minimum atomic E-state index is -3.31. The molecule has 9 nitrogen and oxygen atoms in total. The lowest BCUT2D eigenvalue weighted by molar-refractivity contribution is -0.132. The van der Waals surface area contributed by atoms with E-state index in [1.165, 1.54) is 9.80 Å². The minimum absolute atomic E-state index is 0.0474. The molecule has 3 unspecified atom stereocenters. The van der Waals surface area contributed by atoms with Gasteiger partial charge in [0.05, 0.1) is 57.9 Å². The third-order valence-corrected chi connectivity index (χ3v) is 6.94. The van der Waals surface area contributed by atoms with Crippen LogP contribution in [0.1, 0.15) is 27.2 Å². The number of imide groups is 1. The average molecular weight is 390 g/mol. The van der Waals surface area contributed by atoms with Crippen LogP contribution in [0.25, 0.3) is 0 Å². The normalized spacial score (nSPS) is 31.0. The molecule has 0 saturated carbocycles. The van der Waals surface area contributed by atoms with Crippen molar-refractivity contribution in [2.45, 2.75) is 44.9 Å². The fraction of sp³-hybridized carbons (Fsp3) is 0.875. The smallest absolute Gasteiger partial charge is 0.330 e. The lowest BCUT2D eigenvalue weighted by atomic mass is 9.96. The van der Waals surface area contributed by atoms with Gasteiger partial charge in [-0.1, -0.05) is 0 Å². The Morgan fingerprint density at radius 2 is 1.65 bits per heavy atom. The Hall–Kier alpha value is -0.990. The van der Waals surface area contributed by atoms with Crippen LogP contribution in [0.5, 0.6) is 0 Å². The van der Waals surface area contributed by atoms with E-state index >= 15 is 0 Å². The SMILES string of the molecule is CCOP(=O)(CCC1(C)C(=O)N(CC2CO2)C(=O)N1CC1CO1)OCC. The summed E-state index contributed by atoms with van der Waals surface area (Å²) < 4.78 is 33.9. The molecule has 0 aromatic carbocycles. The molecule has 3 amide bonds. The van der Waals surface area contributed by atoms with Gasteiger partial charge in [0, 0.05) is 0 Å². The van der Waals surface area contributed by atoms with Crippen molar-refractivity contribution in [2.24, 2.45) is 0 Å². The van der Waals surface area contributed by atoms with E-state index in [0.717, 1.165) is 0 Å². The average Bonchev–Trinajstić information content (AvgIpc) is 3.49. The van der Waals surface area contributed by atoms with Gasteiger partial charge >= 0.3 is 13.6 Å². The lowest BCUT2D eigenvalue weighted by Crippen LogP contribution is -2.49. The molecule has 3 atom stereocenters. The van der Waals surface area contributed by atoms with E-state index in [9.17, 15) is 14.2 Å². The van der Waals surface area contributed by atoms with Crippen molar-refractivity contribution in [3.8, 4) is 0 Å². The number of hydrogen-bond acceptors (Lipinski definition) is 7. The molecule has 0 aromatic heterocycles. The third-order valence-electron chi connectivity index (χ3n) is 4.86. The van der Waals surface area contributed by atoms with E-state index in [1.807, 2.05) is 0 Å². The van der Waals surface area contributed by atoms with Crippen molar-refractivity contribution in [3.05, 3.63) is 0 Å². The number of urea groups is 1. The van der Waals surface area contributed by atoms with Gasteiger partial charge in [0.2, 0.25) is 0 Å². The first-order chi connectivity index (χ1) is 12.3. The fourth-order valence-corrected chi connectivity index (χ4v) is 5.03. The zero-order valence-corrected chi connectivity index (χ0v) is 16.4. The summed E-state index contributed by atoms with van der Waals surface area (Å²) in [7, 11) is -3.31. The van der Waals surface area contributed by atoms with Crippen LogP contribution in [-0.2, 0) is 27.9 Å². The molecule has 0 N–H and O–H groups in total. The maximum atomic E-state index is 13.0. The summed E-state index contributed by atoms with van der Waals surface area (Å²) in [5.74, 6) is -0.293. The topological polar surface area (TPSA) is 101 Å². The molecule has 3 heterocycles. The Balaban J connectivity index is 1.76. The summed E-state index contributed by atoms with van der Waals surface area (Å²) in [6, 6.07) is -0.342. The highest BCUT2D eigenvalue weighted by Gasteiger charge is 2.56. The largest absolute Gasteiger partial charge is 0.371 e. The maximum Gasteiger partial charge on any atom is 0.330 e. The van der Waals surface area contributed by atoms with Crippen molar-refractivity contribution < 1.29 is 32.7 Å². The summed E-state index contributed by atoms with van der Waals surface area (Å²) in [5, 5.41) is 0. The number of ether oxygens (including phenoxy) is 2. The summed E-state index contributed by atoms with van der Waals surface area (Å²) >= 11 is 0. The van der Waals surface area contributed by atoms with Crippen molar-refractivity contribution in [2.75, 3.05) is 45.7 Å². The highest BCUT2D eigenvalue weighted by atomic mass is 31.2. The van der Waals surface area contributed by atoms with E-state index in [2.05, 4.69) is 0 Å². The monoisotopic (exact) mass is 390 g/mol. The van der Waals surface area contributed by atoms with Gasteiger partial charge in [-0.2, -0.15) is 0 Å². The van der Waals surface area contributed by atoms with Gasteiger partial charge in [0.1, 0.15) is 5.54 Å². The van der Waals surface area contributed by atoms with Crippen LogP contribution in [0.3, 0.4) is 0 Å². The Labute approximate surface area is 153 Å². The Bertz CT molecular complexity index is 597. The number of amides is 3. The predicted molar refractivity (Wildman–Crippen MR) is 92.0 cm³/mol. The van der Waals surface area contributed by atoms with Gasteiger partial charge in [-0.15, -0.1) is 0 Å². The first-order valence-electron chi connectivity index (χ1n) is 9.08. The number of rotatable bonds is 11. The fourth-order valence-electron chi connectivity index (χ4n) is 3.20. The van der Waals surface area contributed by atoms with Crippen LogP contribution < -0.4 is 0 Å². The molecule has 3 aliphatic heterocycles. The Morgan fingerprint density at radius 1 is 1.12 bits per heavy atom. The van der Waals surface area contributed by atoms with Crippen LogP contribution >= 0.6 is 7.60 Å². The van der Waals surface area contributed by atoms with E-state index < -0.39 is 13.1 Å². The second kappa shape index (κ2) is 7.56. The first-order valence-corrected chi connectivity index (χ1v) is 10.8. The van der Waals surface area contributed by atoms with Crippen molar-refractivity contribution >= 4 is 19.5 Å². The van der Waals surface area contributed by atoms with E-state index in [-0.39, 0.29) is 56.5 Å². The Kier molecular flexibility index (Phi) is 5.75. The molecule has 0 spiro atoms. The van der Waals surface area contributed by atoms with Crippen LogP contribution in [0.2, 0.25) is 0 Å². The minimum Gasteiger partial charge on any atom is -0.371 e. The molecule has 148 valence electrons. The summed E-state index contributed by atoms with van der Waals surface area (Å²) in [5.41, 5.74) is -1.10. The molecule has 3 saturated heterocycles. The third kappa shape index (κ3) is 4.12. The molecule has 0 aliphatic carbocycles. The van der Waals surface area contributed by atoms with Gasteiger partial charge in [-0.25, -0.2) is 4.79 Å². The van der Waals surface area contributed by atoms with Gasteiger partial charge in [-0.05, 0) is 27.2 Å². The zero-order chi connectivity index (χ0) is 18.9. The van der Waals surface area contributed by atoms with Crippen molar-refractivity contribution in [3.63, 3.8) is 0 Å². The molecule has 0 bridgehead atoms. The molecule has 26 heavy (non-hydrogen) atoms. The number of epoxide rings is 2. The molecule has 3 rings (SSSR count). The number of carbonyl (C=O) groups excluding carboxylic acids is 2. The lowest BCUT2D eigenvalue weighted by Gasteiger charge is -2.32. The number of carbonyl (C=O) groups is 2. The highest BCUT2D eigenvalue weighted by Crippen LogP contribution is 2.50. The van der Waals surface area contributed by atoms with Gasteiger partial charge < -0.3 is 23.4 Å². The van der Waals surface area contributed by atoms with Gasteiger partial charge in [0.15, 0.2) is 0 Å². The van der Waals surface area contributed by atoms with E-state index in [1.54, 1.807) is 20.8 Å². The second-order valence-electron chi connectivity index (χ2n) is 6.91. The molecule has 0 radical (unpaired) electrons. The van der Waals surface area contributed by atoms with Crippen LogP contribution in [0.15, 0.2) is 0 Å². The van der Waals surface area contributed by atoms with Crippen LogP contribution in [-0.4, -0.2) is 85.2 Å². The van der Waals surface area contributed by atoms with E-state index in [4.69, 9.17) is 18.5 Å². The predicted octanol–water partition coefficient (Wildman–Crippen LogP) is 1.46. The van der Waals surface area contributed by atoms with Gasteiger partial charge in [0.25, 0.3) is 5.91 Å². The van der Waals surface area contributed by atoms with Gasteiger partial charge in [-0.3, -0.25) is 14.3 Å². The van der Waals surface area contributed by atoms with E-state index in [0.29, 0.717) is 19.8 Å². The molecule has 0 aromatic rings. The maximum absolute atomic E-state index is 13.0. The van der Waals surface area contributed by atoms with Crippen LogP contribution in [0, 0.1) is 0 Å². The molecular formula is C16H27N2O7P. The number of nitrogens with zero attached hydrogens (tertiary/aromatic N) is 2. The molecular weight excluding hydrogens is 363 g/mol. The van der Waals surface area contributed by atoms with Crippen molar-refractivity contribution in [1.29, 1.82) is 0 Å². The Morgan fingerprint density at radius 3 is 2.15 bits per heavy atom. The van der Waals surface area contributed by atoms with Crippen LogP contribution in [0.4, 0.5) is 4.79 Å². The van der Waals surface area contributed by atoms with Crippen molar-refractivity contribution in [1.82, 2.24) is 9.80 Å². The standard InChI is InChI=1S/C16H27N2O7P/c1-4-24-26(21,25-5-2)7-6-16(3)14(19)17(8-12-10-22-12)15(20)18(16)9-13-11-23-13/h12-13H,4-11H2,1-3H3.